The van der Waals surface area contributed by atoms with E-state index in [-0.39, 0.29) is 11.9 Å². The van der Waals surface area contributed by atoms with Crippen LogP contribution in [-0.4, -0.2) is 5.91 Å². The van der Waals surface area contributed by atoms with Gasteiger partial charge >= 0.3 is 0 Å². The molecule has 70 valence electrons. The molecule has 1 amide bonds. The zero-order chi connectivity index (χ0) is 9.84. The van der Waals surface area contributed by atoms with Gasteiger partial charge in [0, 0.05) is 18.7 Å². The smallest absolute Gasteiger partial charge is 0.221 e. The van der Waals surface area contributed by atoms with Gasteiger partial charge < -0.3 is 11.1 Å². The number of carbonyl (C=O) groups excluding carboxylic acids is 1. The maximum Gasteiger partial charge on any atom is 0.221 e. The molecular weight excluding hydrogens is 164 g/mol. The Bertz CT molecular complexity index is 308. The topological polar surface area (TPSA) is 55.1 Å². The highest BCUT2D eigenvalue weighted by Gasteiger charge is 2.00. The van der Waals surface area contributed by atoms with Gasteiger partial charge in [-0.1, -0.05) is 12.1 Å². The molecule has 13 heavy (non-hydrogen) atoms. The van der Waals surface area contributed by atoms with Gasteiger partial charge in [-0.15, -0.1) is 0 Å². The zero-order valence-electron chi connectivity index (χ0n) is 7.87. The first kappa shape index (κ1) is 9.74. The van der Waals surface area contributed by atoms with E-state index in [4.69, 9.17) is 5.73 Å². The van der Waals surface area contributed by atoms with Crippen molar-refractivity contribution in [3.8, 4) is 0 Å². The summed E-state index contributed by atoms with van der Waals surface area (Å²) < 4.78 is 0. The Hall–Kier alpha value is -1.35. The van der Waals surface area contributed by atoms with E-state index in [9.17, 15) is 4.79 Å². The standard InChI is InChI=1S/C10H14N2O/c1-7(11)9-4-3-5-10(6-9)12-8(2)13/h3-7H,11H2,1-2H3,(H,12,13)/t7-/m1/s1. The number of benzene rings is 1. The first-order chi connectivity index (χ1) is 6.09. The second-order valence-corrected chi connectivity index (χ2v) is 3.10. The second kappa shape index (κ2) is 4.05. The molecule has 1 aromatic carbocycles. The Labute approximate surface area is 77.9 Å². The maximum atomic E-state index is 10.8. The van der Waals surface area contributed by atoms with Crippen molar-refractivity contribution < 1.29 is 4.79 Å². The van der Waals surface area contributed by atoms with Gasteiger partial charge in [0.2, 0.25) is 5.91 Å². The van der Waals surface area contributed by atoms with Crippen LogP contribution < -0.4 is 11.1 Å². The van der Waals surface area contributed by atoms with Crippen molar-refractivity contribution in [2.45, 2.75) is 19.9 Å². The summed E-state index contributed by atoms with van der Waals surface area (Å²) in [5.41, 5.74) is 7.51. The molecule has 0 radical (unpaired) electrons. The maximum absolute atomic E-state index is 10.8. The van der Waals surface area contributed by atoms with E-state index in [1.165, 1.54) is 6.92 Å². The molecule has 0 fully saturated rings. The first-order valence-corrected chi connectivity index (χ1v) is 4.22. The largest absolute Gasteiger partial charge is 0.326 e. The molecule has 1 aromatic rings. The van der Waals surface area contributed by atoms with Gasteiger partial charge in [-0.3, -0.25) is 4.79 Å². The highest BCUT2D eigenvalue weighted by Crippen LogP contribution is 2.15. The number of amides is 1. The van der Waals surface area contributed by atoms with Crippen LogP contribution in [0.25, 0.3) is 0 Å². The quantitative estimate of drug-likeness (QED) is 0.723. The molecule has 0 saturated carbocycles. The number of carbonyl (C=O) groups is 1. The molecule has 0 bridgehead atoms. The fourth-order valence-corrected chi connectivity index (χ4v) is 1.10. The minimum Gasteiger partial charge on any atom is -0.326 e. The van der Waals surface area contributed by atoms with Gasteiger partial charge in [0.25, 0.3) is 0 Å². The number of anilines is 1. The van der Waals surface area contributed by atoms with Crippen LogP contribution in [0.2, 0.25) is 0 Å². The minimum atomic E-state index is -0.0678. The number of nitrogens with two attached hydrogens (primary N) is 1. The van der Waals surface area contributed by atoms with Gasteiger partial charge in [-0.25, -0.2) is 0 Å². The Balaban J connectivity index is 2.85. The lowest BCUT2D eigenvalue weighted by Crippen LogP contribution is -2.08. The molecule has 0 aliphatic heterocycles. The van der Waals surface area contributed by atoms with E-state index in [2.05, 4.69) is 5.32 Å². The molecule has 1 rings (SSSR count). The van der Waals surface area contributed by atoms with E-state index in [0.29, 0.717) is 0 Å². The lowest BCUT2D eigenvalue weighted by atomic mass is 10.1. The van der Waals surface area contributed by atoms with Crippen molar-refractivity contribution in [2.75, 3.05) is 5.32 Å². The van der Waals surface area contributed by atoms with Crippen molar-refractivity contribution in [1.82, 2.24) is 0 Å². The number of rotatable bonds is 2. The van der Waals surface area contributed by atoms with Crippen molar-refractivity contribution in [2.24, 2.45) is 5.73 Å². The molecule has 3 heteroatoms. The van der Waals surface area contributed by atoms with Crippen LogP contribution in [0.4, 0.5) is 5.69 Å². The van der Waals surface area contributed by atoms with Crippen LogP contribution in [0.5, 0.6) is 0 Å². The summed E-state index contributed by atoms with van der Waals surface area (Å²) in [4.78, 5) is 10.8. The molecule has 0 unspecified atom stereocenters. The minimum absolute atomic E-state index is 0.00583. The average Bonchev–Trinajstić information content (AvgIpc) is 2.03. The van der Waals surface area contributed by atoms with Gasteiger partial charge in [0.1, 0.15) is 0 Å². The van der Waals surface area contributed by atoms with Crippen molar-refractivity contribution in [3.63, 3.8) is 0 Å². The van der Waals surface area contributed by atoms with Crippen LogP contribution in [-0.2, 0) is 4.79 Å². The monoisotopic (exact) mass is 178 g/mol. The summed E-state index contributed by atoms with van der Waals surface area (Å²) in [5.74, 6) is -0.0678. The number of nitrogens with one attached hydrogen (secondary N) is 1. The third-order valence-electron chi connectivity index (χ3n) is 1.73. The summed E-state index contributed by atoms with van der Waals surface area (Å²) >= 11 is 0. The Kier molecular flexibility index (Phi) is 3.03. The molecule has 0 aliphatic rings. The van der Waals surface area contributed by atoms with Crippen LogP contribution in [0.3, 0.4) is 0 Å². The van der Waals surface area contributed by atoms with Crippen LogP contribution in [0.15, 0.2) is 24.3 Å². The molecule has 0 spiro atoms. The molecule has 3 N–H and O–H groups in total. The Morgan fingerprint density at radius 1 is 1.54 bits per heavy atom. The van der Waals surface area contributed by atoms with Crippen molar-refractivity contribution >= 4 is 11.6 Å². The summed E-state index contributed by atoms with van der Waals surface area (Å²) in [6.07, 6.45) is 0. The van der Waals surface area contributed by atoms with Gasteiger partial charge in [0.05, 0.1) is 0 Å². The Morgan fingerprint density at radius 2 is 2.23 bits per heavy atom. The lowest BCUT2D eigenvalue weighted by molar-refractivity contribution is -0.114. The van der Waals surface area contributed by atoms with Gasteiger partial charge in [-0.05, 0) is 24.6 Å². The van der Waals surface area contributed by atoms with E-state index >= 15 is 0 Å². The second-order valence-electron chi connectivity index (χ2n) is 3.10. The van der Waals surface area contributed by atoms with Crippen molar-refractivity contribution in [1.29, 1.82) is 0 Å². The lowest BCUT2D eigenvalue weighted by Gasteiger charge is -2.07. The fraction of sp³-hybridized carbons (Fsp3) is 0.300. The Morgan fingerprint density at radius 3 is 2.77 bits per heavy atom. The molecular formula is C10H14N2O. The predicted molar refractivity (Wildman–Crippen MR) is 53.3 cm³/mol. The first-order valence-electron chi connectivity index (χ1n) is 4.22. The number of hydrogen-bond acceptors (Lipinski definition) is 2. The van der Waals surface area contributed by atoms with E-state index in [0.717, 1.165) is 11.3 Å². The van der Waals surface area contributed by atoms with Crippen LogP contribution in [0.1, 0.15) is 25.5 Å². The van der Waals surface area contributed by atoms with Crippen LogP contribution in [0, 0.1) is 0 Å². The predicted octanol–water partition coefficient (Wildman–Crippen LogP) is 1.66. The summed E-state index contributed by atoms with van der Waals surface area (Å²) in [7, 11) is 0. The molecule has 3 nitrogen and oxygen atoms in total. The molecule has 0 saturated heterocycles. The zero-order valence-corrected chi connectivity index (χ0v) is 7.87. The SMILES string of the molecule is CC(=O)Nc1cccc([C@@H](C)N)c1. The third kappa shape index (κ3) is 2.87. The highest BCUT2D eigenvalue weighted by atomic mass is 16.1. The van der Waals surface area contributed by atoms with Gasteiger partial charge in [-0.2, -0.15) is 0 Å². The summed E-state index contributed by atoms with van der Waals surface area (Å²) in [5, 5.41) is 2.71. The van der Waals surface area contributed by atoms with E-state index in [1.54, 1.807) is 0 Å². The molecule has 0 aliphatic carbocycles. The fourth-order valence-electron chi connectivity index (χ4n) is 1.10. The summed E-state index contributed by atoms with van der Waals surface area (Å²) in [6, 6.07) is 7.54. The van der Waals surface area contributed by atoms with E-state index < -0.39 is 0 Å². The molecule has 0 heterocycles. The van der Waals surface area contributed by atoms with Gasteiger partial charge in [0.15, 0.2) is 0 Å². The molecule has 0 aromatic heterocycles. The average molecular weight is 178 g/mol. The highest BCUT2D eigenvalue weighted by molar-refractivity contribution is 5.88. The third-order valence-corrected chi connectivity index (χ3v) is 1.73. The summed E-state index contributed by atoms with van der Waals surface area (Å²) in [6.45, 7) is 3.39. The molecule has 1 atom stereocenters. The normalized spacial score (nSPS) is 12.2. The number of hydrogen-bond donors (Lipinski definition) is 2. The van der Waals surface area contributed by atoms with Crippen molar-refractivity contribution in [3.05, 3.63) is 29.8 Å². The van der Waals surface area contributed by atoms with E-state index in [1.807, 2.05) is 31.2 Å². The van der Waals surface area contributed by atoms with Crippen LogP contribution >= 0.6 is 0 Å².